The lowest BCUT2D eigenvalue weighted by Gasteiger charge is -2.13. The van der Waals surface area contributed by atoms with Gasteiger partial charge in [-0.1, -0.05) is 23.4 Å². The number of benzene rings is 1. The maximum Gasteiger partial charge on any atom is 0.270 e. The van der Waals surface area contributed by atoms with Gasteiger partial charge >= 0.3 is 0 Å². The van der Waals surface area contributed by atoms with E-state index in [0.717, 1.165) is 11.0 Å². The van der Waals surface area contributed by atoms with Gasteiger partial charge in [-0.25, -0.2) is 4.68 Å². The van der Waals surface area contributed by atoms with Gasteiger partial charge in [-0.05, 0) is 31.2 Å². The van der Waals surface area contributed by atoms with Crippen molar-refractivity contribution in [1.29, 1.82) is 0 Å². The van der Waals surface area contributed by atoms with E-state index in [1.165, 1.54) is 0 Å². The van der Waals surface area contributed by atoms with Gasteiger partial charge in [0.15, 0.2) is 0 Å². The summed E-state index contributed by atoms with van der Waals surface area (Å²) in [5.74, 6) is -0.187. The molecule has 1 amide bonds. The molecule has 1 aromatic carbocycles. The zero-order chi connectivity index (χ0) is 14.7. The Morgan fingerprint density at radius 2 is 2.05 bits per heavy atom. The minimum absolute atomic E-state index is 0.0791. The molecular formula is C15H15N5O. The van der Waals surface area contributed by atoms with Crippen LogP contribution in [0.15, 0.2) is 48.7 Å². The fourth-order valence-electron chi connectivity index (χ4n) is 2.15. The van der Waals surface area contributed by atoms with Crippen LogP contribution in [0, 0.1) is 0 Å². The predicted octanol–water partition coefficient (Wildman–Crippen LogP) is 1.64. The third kappa shape index (κ3) is 2.89. The summed E-state index contributed by atoms with van der Waals surface area (Å²) in [6.07, 6.45) is 1.60. The lowest BCUT2D eigenvalue weighted by molar-refractivity contribution is 0.0931. The molecule has 106 valence electrons. The number of amides is 1. The van der Waals surface area contributed by atoms with Crippen LogP contribution >= 0.6 is 0 Å². The average molecular weight is 281 g/mol. The number of fused-ring (bicyclic) bond motifs is 1. The molecule has 6 heteroatoms. The summed E-state index contributed by atoms with van der Waals surface area (Å²) >= 11 is 0. The molecule has 0 aliphatic carbocycles. The van der Waals surface area contributed by atoms with Gasteiger partial charge in [-0.15, -0.1) is 5.10 Å². The van der Waals surface area contributed by atoms with Gasteiger partial charge in [-0.3, -0.25) is 9.78 Å². The van der Waals surface area contributed by atoms with Crippen molar-refractivity contribution in [2.45, 2.75) is 19.5 Å². The third-order valence-electron chi connectivity index (χ3n) is 3.14. The first kappa shape index (κ1) is 13.2. The monoisotopic (exact) mass is 281 g/mol. The number of hydrogen-bond acceptors (Lipinski definition) is 4. The Kier molecular flexibility index (Phi) is 3.59. The Labute approximate surface area is 121 Å². The Morgan fingerprint density at radius 3 is 2.86 bits per heavy atom. The van der Waals surface area contributed by atoms with Crippen LogP contribution < -0.4 is 5.32 Å². The van der Waals surface area contributed by atoms with Crippen molar-refractivity contribution in [2.24, 2.45) is 0 Å². The second-order valence-corrected chi connectivity index (χ2v) is 4.85. The van der Waals surface area contributed by atoms with Gasteiger partial charge in [0.25, 0.3) is 5.91 Å². The van der Waals surface area contributed by atoms with E-state index < -0.39 is 0 Å². The maximum absolute atomic E-state index is 12.0. The summed E-state index contributed by atoms with van der Waals surface area (Å²) in [4.78, 5) is 16.1. The molecule has 0 radical (unpaired) electrons. The van der Waals surface area contributed by atoms with Crippen LogP contribution in [0.1, 0.15) is 17.4 Å². The fourth-order valence-corrected chi connectivity index (χ4v) is 2.15. The number of pyridine rings is 1. The number of aromatic nitrogens is 4. The van der Waals surface area contributed by atoms with E-state index in [9.17, 15) is 4.79 Å². The molecule has 0 spiro atoms. The fraction of sp³-hybridized carbons (Fsp3) is 0.200. The summed E-state index contributed by atoms with van der Waals surface area (Å²) in [6, 6.07) is 12.9. The van der Waals surface area contributed by atoms with Crippen molar-refractivity contribution >= 4 is 16.9 Å². The molecular weight excluding hydrogens is 266 g/mol. The van der Waals surface area contributed by atoms with E-state index >= 15 is 0 Å². The highest BCUT2D eigenvalue weighted by atomic mass is 16.1. The number of para-hydroxylation sites is 1. The van der Waals surface area contributed by atoms with Crippen LogP contribution in [0.4, 0.5) is 0 Å². The number of rotatable bonds is 4. The van der Waals surface area contributed by atoms with Crippen LogP contribution in [0.3, 0.4) is 0 Å². The minimum Gasteiger partial charge on any atom is -0.346 e. The third-order valence-corrected chi connectivity index (χ3v) is 3.14. The SMILES string of the molecule is C[C@@H](Cn1nnc2ccccc21)NC(=O)c1ccccn1. The van der Waals surface area contributed by atoms with Gasteiger partial charge in [0.05, 0.1) is 12.1 Å². The smallest absolute Gasteiger partial charge is 0.270 e. The topological polar surface area (TPSA) is 72.7 Å². The van der Waals surface area contributed by atoms with Crippen molar-refractivity contribution in [3.05, 3.63) is 54.4 Å². The van der Waals surface area contributed by atoms with Crippen molar-refractivity contribution in [3.63, 3.8) is 0 Å². The number of nitrogens with zero attached hydrogens (tertiary/aromatic N) is 4. The van der Waals surface area contributed by atoms with Gasteiger partial charge in [0.1, 0.15) is 11.2 Å². The Balaban J connectivity index is 1.69. The van der Waals surface area contributed by atoms with E-state index in [2.05, 4.69) is 20.6 Å². The van der Waals surface area contributed by atoms with Crippen LogP contribution in [0.25, 0.3) is 11.0 Å². The van der Waals surface area contributed by atoms with Crippen molar-refractivity contribution in [2.75, 3.05) is 0 Å². The first-order chi connectivity index (χ1) is 10.2. The van der Waals surface area contributed by atoms with E-state index in [4.69, 9.17) is 0 Å². The molecule has 0 fully saturated rings. The minimum atomic E-state index is -0.187. The van der Waals surface area contributed by atoms with Crippen LogP contribution in [0.5, 0.6) is 0 Å². The molecule has 0 bridgehead atoms. The molecule has 0 saturated heterocycles. The first-order valence-electron chi connectivity index (χ1n) is 6.74. The highest BCUT2D eigenvalue weighted by molar-refractivity contribution is 5.92. The molecule has 21 heavy (non-hydrogen) atoms. The highest BCUT2D eigenvalue weighted by Crippen LogP contribution is 2.10. The first-order valence-corrected chi connectivity index (χ1v) is 6.74. The zero-order valence-electron chi connectivity index (χ0n) is 11.6. The maximum atomic E-state index is 12.0. The lowest BCUT2D eigenvalue weighted by Crippen LogP contribution is -2.36. The second-order valence-electron chi connectivity index (χ2n) is 4.85. The van der Waals surface area contributed by atoms with E-state index in [-0.39, 0.29) is 11.9 Å². The Hall–Kier alpha value is -2.76. The molecule has 3 aromatic rings. The van der Waals surface area contributed by atoms with Crippen LogP contribution in [0.2, 0.25) is 0 Å². The van der Waals surface area contributed by atoms with Gasteiger partial charge in [0, 0.05) is 12.2 Å². The lowest BCUT2D eigenvalue weighted by atomic mass is 10.2. The Bertz CT molecular complexity index is 753. The van der Waals surface area contributed by atoms with Crippen LogP contribution in [-0.4, -0.2) is 31.9 Å². The predicted molar refractivity (Wildman–Crippen MR) is 78.7 cm³/mol. The van der Waals surface area contributed by atoms with Crippen LogP contribution in [-0.2, 0) is 6.54 Å². The van der Waals surface area contributed by atoms with Gasteiger partial charge < -0.3 is 5.32 Å². The summed E-state index contributed by atoms with van der Waals surface area (Å²) in [5.41, 5.74) is 2.21. The van der Waals surface area contributed by atoms with E-state index in [1.807, 2.05) is 31.2 Å². The molecule has 0 saturated carbocycles. The van der Waals surface area contributed by atoms with Crippen molar-refractivity contribution in [3.8, 4) is 0 Å². The van der Waals surface area contributed by atoms with Crippen molar-refractivity contribution < 1.29 is 4.79 Å². The van der Waals surface area contributed by atoms with E-state index in [1.54, 1.807) is 29.1 Å². The number of nitrogens with one attached hydrogen (secondary N) is 1. The van der Waals surface area contributed by atoms with E-state index in [0.29, 0.717) is 12.2 Å². The highest BCUT2D eigenvalue weighted by Gasteiger charge is 2.12. The molecule has 0 aliphatic rings. The quantitative estimate of drug-likeness (QED) is 0.789. The van der Waals surface area contributed by atoms with Gasteiger partial charge in [0.2, 0.25) is 0 Å². The molecule has 1 N–H and O–H groups in total. The largest absolute Gasteiger partial charge is 0.346 e. The Morgan fingerprint density at radius 1 is 1.24 bits per heavy atom. The molecule has 0 unspecified atom stereocenters. The molecule has 3 rings (SSSR count). The number of carbonyl (C=O) groups excluding carboxylic acids is 1. The molecule has 6 nitrogen and oxygen atoms in total. The second kappa shape index (κ2) is 5.70. The molecule has 2 aromatic heterocycles. The normalized spacial score (nSPS) is 12.2. The molecule has 2 heterocycles. The average Bonchev–Trinajstić information content (AvgIpc) is 2.91. The van der Waals surface area contributed by atoms with Gasteiger partial charge in [-0.2, -0.15) is 0 Å². The molecule has 0 aliphatic heterocycles. The summed E-state index contributed by atoms with van der Waals surface area (Å²) < 4.78 is 1.79. The number of carbonyl (C=O) groups is 1. The standard InChI is InChI=1S/C15H15N5O/c1-11(17-15(21)13-7-4-5-9-16-13)10-20-14-8-3-2-6-12(14)18-19-20/h2-9,11H,10H2,1H3,(H,17,21)/t11-/m0/s1. The summed E-state index contributed by atoms with van der Waals surface area (Å²) in [6.45, 7) is 2.48. The zero-order valence-corrected chi connectivity index (χ0v) is 11.6. The van der Waals surface area contributed by atoms with Crippen molar-refractivity contribution in [1.82, 2.24) is 25.3 Å². The molecule has 1 atom stereocenters. The summed E-state index contributed by atoms with van der Waals surface area (Å²) in [7, 11) is 0. The number of hydrogen-bond donors (Lipinski definition) is 1. The summed E-state index contributed by atoms with van der Waals surface area (Å²) in [5, 5.41) is 11.1.